The average Bonchev–Trinajstić information content (AvgIpc) is 2.83. The van der Waals surface area contributed by atoms with Gasteiger partial charge in [-0.05, 0) is 17.7 Å². The van der Waals surface area contributed by atoms with Crippen molar-refractivity contribution in [2.24, 2.45) is 12.8 Å². The summed E-state index contributed by atoms with van der Waals surface area (Å²) in [6.07, 6.45) is 3.60. The number of rotatable bonds is 4. The van der Waals surface area contributed by atoms with Gasteiger partial charge in [0.05, 0.1) is 20.3 Å². The summed E-state index contributed by atoms with van der Waals surface area (Å²) in [6, 6.07) is 5.35. The van der Waals surface area contributed by atoms with E-state index < -0.39 is 0 Å². The van der Waals surface area contributed by atoms with Crippen molar-refractivity contribution in [3.05, 3.63) is 42.0 Å². The van der Waals surface area contributed by atoms with Crippen molar-refractivity contribution in [1.29, 1.82) is 0 Å². The van der Waals surface area contributed by atoms with Gasteiger partial charge in [0.1, 0.15) is 5.82 Å². The smallest absolute Gasteiger partial charge is 0.161 e. The molecule has 1 aromatic heterocycles. The quantitative estimate of drug-likeness (QED) is 0.889. The molecule has 0 saturated carbocycles. The van der Waals surface area contributed by atoms with Crippen molar-refractivity contribution >= 4 is 0 Å². The fourth-order valence-corrected chi connectivity index (χ4v) is 1.87. The van der Waals surface area contributed by atoms with Crippen molar-refractivity contribution in [2.45, 2.75) is 6.04 Å². The molecule has 0 aliphatic carbocycles. The summed E-state index contributed by atoms with van der Waals surface area (Å²) in [5, 5.41) is 0. The molecule has 0 saturated heterocycles. The molecule has 5 nitrogen and oxygen atoms in total. The van der Waals surface area contributed by atoms with Crippen LogP contribution in [-0.2, 0) is 7.05 Å². The van der Waals surface area contributed by atoms with Crippen LogP contribution in [0.4, 0.5) is 0 Å². The van der Waals surface area contributed by atoms with E-state index in [1.807, 2.05) is 36.0 Å². The van der Waals surface area contributed by atoms with Crippen LogP contribution in [0.1, 0.15) is 17.4 Å². The Kier molecular flexibility index (Phi) is 3.53. The molecule has 5 heteroatoms. The zero-order valence-corrected chi connectivity index (χ0v) is 10.8. The van der Waals surface area contributed by atoms with Gasteiger partial charge < -0.3 is 19.8 Å². The second kappa shape index (κ2) is 5.10. The maximum Gasteiger partial charge on any atom is 0.161 e. The van der Waals surface area contributed by atoms with E-state index in [9.17, 15) is 0 Å². The number of aryl methyl sites for hydroxylation is 1. The first-order valence-corrected chi connectivity index (χ1v) is 5.62. The van der Waals surface area contributed by atoms with Crippen LogP contribution < -0.4 is 15.2 Å². The fraction of sp³-hybridized carbons (Fsp3) is 0.308. The molecule has 1 aromatic carbocycles. The molecule has 2 N–H and O–H groups in total. The van der Waals surface area contributed by atoms with Crippen LogP contribution in [0.2, 0.25) is 0 Å². The number of benzene rings is 1. The van der Waals surface area contributed by atoms with Gasteiger partial charge in [0.25, 0.3) is 0 Å². The van der Waals surface area contributed by atoms with E-state index in [0.717, 1.165) is 11.4 Å². The van der Waals surface area contributed by atoms with Crippen LogP contribution in [0.3, 0.4) is 0 Å². The van der Waals surface area contributed by atoms with Gasteiger partial charge in [0.15, 0.2) is 11.5 Å². The summed E-state index contributed by atoms with van der Waals surface area (Å²) in [4.78, 5) is 4.26. The lowest BCUT2D eigenvalue weighted by molar-refractivity contribution is 0.354. The van der Waals surface area contributed by atoms with Crippen LogP contribution >= 0.6 is 0 Å². The maximum absolute atomic E-state index is 6.20. The highest BCUT2D eigenvalue weighted by molar-refractivity contribution is 5.44. The molecule has 2 rings (SSSR count). The number of nitrogens with two attached hydrogens (primary N) is 1. The maximum atomic E-state index is 6.20. The van der Waals surface area contributed by atoms with Crippen LogP contribution in [0.25, 0.3) is 0 Å². The van der Waals surface area contributed by atoms with Crippen molar-refractivity contribution in [3.63, 3.8) is 0 Å². The SMILES string of the molecule is COc1ccc(C(N)c2nccn2C)cc1OC. The highest BCUT2D eigenvalue weighted by Crippen LogP contribution is 2.30. The van der Waals surface area contributed by atoms with Gasteiger partial charge in [-0.3, -0.25) is 0 Å². The Hall–Kier alpha value is -2.01. The first kappa shape index (κ1) is 12.4. The third-order valence-electron chi connectivity index (χ3n) is 2.90. The molecular formula is C13H17N3O2. The van der Waals surface area contributed by atoms with Crippen LogP contribution in [0.5, 0.6) is 11.5 Å². The molecular weight excluding hydrogens is 230 g/mol. The standard InChI is InChI=1S/C13H17N3O2/c1-16-7-6-15-13(16)12(14)9-4-5-10(17-2)11(8-9)18-3/h4-8,12H,14H2,1-3H3. The number of ether oxygens (including phenoxy) is 2. The molecule has 0 radical (unpaired) electrons. The molecule has 0 fully saturated rings. The zero-order valence-electron chi connectivity index (χ0n) is 10.8. The summed E-state index contributed by atoms with van der Waals surface area (Å²) in [6.45, 7) is 0. The molecule has 1 atom stereocenters. The van der Waals surface area contributed by atoms with E-state index in [1.54, 1.807) is 20.4 Å². The van der Waals surface area contributed by atoms with Gasteiger partial charge in [-0.15, -0.1) is 0 Å². The molecule has 1 heterocycles. The summed E-state index contributed by atoms with van der Waals surface area (Å²) >= 11 is 0. The van der Waals surface area contributed by atoms with E-state index in [0.29, 0.717) is 11.5 Å². The molecule has 1 unspecified atom stereocenters. The summed E-state index contributed by atoms with van der Waals surface area (Å²) < 4.78 is 12.4. The van der Waals surface area contributed by atoms with E-state index >= 15 is 0 Å². The average molecular weight is 247 g/mol. The van der Waals surface area contributed by atoms with Crippen molar-refractivity contribution in [1.82, 2.24) is 9.55 Å². The highest BCUT2D eigenvalue weighted by Gasteiger charge is 2.15. The minimum Gasteiger partial charge on any atom is -0.493 e. The first-order valence-electron chi connectivity index (χ1n) is 5.62. The Labute approximate surface area is 106 Å². The lowest BCUT2D eigenvalue weighted by Crippen LogP contribution is -2.16. The molecule has 0 spiro atoms. The van der Waals surface area contributed by atoms with Gasteiger partial charge >= 0.3 is 0 Å². The Bertz CT molecular complexity index is 537. The Morgan fingerprint density at radius 2 is 1.94 bits per heavy atom. The van der Waals surface area contributed by atoms with Gasteiger partial charge in [0, 0.05) is 19.4 Å². The summed E-state index contributed by atoms with van der Waals surface area (Å²) in [5.74, 6) is 2.16. The van der Waals surface area contributed by atoms with Crippen LogP contribution in [0.15, 0.2) is 30.6 Å². The molecule has 18 heavy (non-hydrogen) atoms. The number of nitrogens with zero attached hydrogens (tertiary/aromatic N) is 2. The summed E-state index contributed by atoms with van der Waals surface area (Å²) in [7, 11) is 5.13. The van der Waals surface area contributed by atoms with E-state index in [2.05, 4.69) is 4.98 Å². The van der Waals surface area contributed by atoms with E-state index in [1.165, 1.54) is 0 Å². The van der Waals surface area contributed by atoms with Crippen LogP contribution in [0, 0.1) is 0 Å². The Balaban J connectivity index is 2.37. The second-order valence-corrected chi connectivity index (χ2v) is 3.99. The number of hydrogen-bond acceptors (Lipinski definition) is 4. The number of hydrogen-bond donors (Lipinski definition) is 1. The first-order chi connectivity index (χ1) is 8.67. The third kappa shape index (κ3) is 2.17. The predicted molar refractivity (Wildman–Crippen MR) is 68.8 cm³/mol. The predicted octanol–water partition coefficient (Wildman–Crippen LogP) is 1.49. The minimum atomic E-state index is -0.287. The monoisotopic (exact) mass is 247 g/mol. The second-order valence-electron chi connectivity index (χ2n) is 3.99. The summed E-state index contributed by atoms with van der Waals surface area (Å²) in [5.41, 5.74) is 7.13. The van der Waals surface area contributed by atoms with Gasteiger partial charge in [-0.25, -0.2) is 4.98 Å². The molecule has 96 valence electrons. The Morgan fingerprint density at radius 1 is 1.22 bits per heavy atom. The normalized spacial score (nSPS) is 12.2. The molecule has 2 aromatic rings. The van der Waals surface area contributed by atoms with E-state index in [4.69, 9.17) is 15.2 Å². The minimum absolute atomic E-state index is 0.287. The van der Waals surface area contributed by atoms with Gasteiger partial charge in [0.2, 0.25) is 0 Å². The molecule has 0 amide bonds. The van der Waals surface area contributed by atoms with Crippen molar-refractivity contribution in [2.75, 3.05) is 14.2 Å². The van der Waals surface area contributed by atoms with Crippen molar-refractivity contribution in [3.8, 4) is 11.5 Å². The topological polar surface area (TPSA) is 62.3 Å². The largest absolute Gasteiger partial charge is 0.493 e. The number of aromatic nitrogens is 2. The zero-order chi connectivity index (χ0) is 13.1. The fourth-order valence-electron chi connectivity index (χ4n) is 1.87. The lowest BCUT2D eigenvalue weighted by Gasteiger charge is -2.14. The van der Waals surface area contributed by atoms with Crippen LogP contribution in [-0.4, -0.2) is 23.8 Å². The molecule has 0 aliphatic rings. The number of imidazole rings is 1. The number of methoxy groups -OCH3 is 2. The van der Waals surface area contributed by atoms with Gasteiger partial charge in [-0.1, -0.05) is 6.07 Å². The van der Waals surface area contributed by atoms with Crippen molar-refractivity contribution < 1.29 is 9.47 Å². The Morgan fingerprint density at radius 3 is 2.50 bits per heavy atom. The van der Waals surface area contributed by atoms with Gasteiger partial charge in [-0.2, -0.15) is 0 Å². The van der Waals surface area contributed by atoms with E-state index in [-0.39, 0.29) is 6.04 Å². The molecule has 0 bridgehead atoms. The molecule has 0 aliphatic heterocycles. The lowest BCUT2D eigenvalue weighted by atomic mass is 10.1. The highest BCUT2D eigenvalue weighted by atomic mass is 16.5. The third-order valence-corrected chi connectivity index (χ3v) is 2.90.